The highest BCUT2D eigenvalue weighted by Gasteiger charge is 2.13. The van der Waals surface area contributed by atoms with E-state index in [1.54, 1.807) is 7.11 Å². The van der Waals surface area contributed by atoms with E-state index in [0.717, 1.165) is 59.8 Å². The quantitative estimate of drug-likeness (QED) is 0.732. The van der Waals surface area contributed by atoms with Crippen LogP contribution < -0.4 is 4.90 Å². The molecule has 0 saturated carbocycles. The third-order valence-electron chi connectivity index (χ3n) is 4.44. The molecule has 3 aromatic rings. The average molecular weight is 335 g/mol. The molecule has 0 spiro atoms. The van der Waals surface area contributed by atoms with Crippen LogP contribution in [-0.2, 0) is 16.1 Å². The minimum atomic E-state index is 0.613. The Morgan fingerprint density at radius 2 is 1.88 bits per heavy atom. The molecule has 1 fully saturated rings. The third-order valence-corrected chi connectivity index (χ3v) is 4.44. The molecule has 128 valence electrons. The Bertz CT molecular complexity index is 876. The van der Waals surface area contributed by atoms with Crippen molar-refractivity contribution in [1.82, 2.24) is 9.97 Å². The van der Waals surface area contributed by atoms with Gasteiger partial charge in [0, 0.05) is 20.2 Å². The first-order chi connectivity index (χ1) is 12.3. The number of rotatable bonds is 4. The molecule has 0 unspecified atom stereocenters. The molecule has 1 aliphatic rings. The van der Waals surface area contributed by atoms with E-state index in [-0.39, 0.29) is 0 Å². The van der Waals surface area contributed by atoms with E-state index in [0.29, 0.717) is 6.61 Å². The molecule has 4 rings (SSSR count). The first-order valence-electron chi connectivity index (χ1n) is 8.51. The van der Waals surface area contributed by atoms with Gasteiger partial charge in [-0.05, 0) is 34.9 Å². The zero-order chi connectivity index (χ0) is 17.1. The smallest absolute Gasteiger partial charge is 0.148 e. The highest BCUT2D eigenvalue weighted by Crippen LogP contribution is 2.25. The second kappa shape index (κ2) is 7.17. The molecule has 1 aliphatic heterocycles. The summed E-state index contributed by atoms with van der Waals surface area (Å²) >= 11 is 0. The van der Waals surface area contributed by atoms with Gasteiger partial charge in [-0.15, -0.1) is 0 Å². The van der Waals surface area contributed by atoms with Crippen LogP contribution in [0.2, 0.25) is 0 Å². The second-order valence-electron chi connectivity index (χ2n) is 6.16. The Morgan fingerprint density at radius 3 is 2.72 bits per heavy atom. The van der Waals surface area contributed by atoms with Crippen LogP contribution in [0.25, 0.3) is 22.2 Å². The molecular formula is C20H21N3O2. The van der Waals surface area contributed by atoms with Gasteiger partial charge in [-0.3, -0.25) is 4.98 Å². The summed E-state index contributed by atoms with van der Waals surface area (Å²) < 4.78 is 10.7. The minimum absolute atomic E-state index is 0.613. The first kappa shape index (κ1) is 16.0. The van der Waals surface area contributed by atoms with Crippen LogP contribution in [-0.4, -0.2) is 43.4 Å². The Kier molecular flexibility index (Phi) is 4.59. The lowest BCUT2D eigenvalue weighted by Crippen LogP contribution is -2.36. The zero-order valence-corrected chi connectivity index (χ0v) is 14.3. The van der Waals surface area contributed by atoms with Crippen molar-refractivity contribution in [2.75, 3.05) is 38.3 Å². The number of fused-ring (bicyclic) bond motifs is 1. The molecule has 1 aromatic heterocycles. The van der Waals surface area contributed by atoms with Crippen LogP contribution in [0.1, 0.15) is 5.56 Å². The van der Waals surface area contributed by atoms with E-state index < -0.39 is 0 Å². The maximum Gasteiger partial charge on any atom is 0.148 e. The van der Waals surface area contributed by atoms with E-state index in [9.17, 15) is 0 Å². The summed E-state index contributed by atoms with van der Waals surface area (Å²) in [6.45, 7) is 3.82. The molecule has 0 atom stereocenters. The van der Waals surface area contributed by atoms with Crippen LogP contribution in [0, 0.1) is 0 Å². The fourth-order valence-electron chi connectivity index (χ4n) is 3.13. The SMILES string of the molecule is COCc1cccc(-c2ccc3ncc(N4CCOCC4)nc3c2)c1. The van der Waals surface area contributed by atoms with Gasteiger partial charge in [0.15, 0.2) is 0 Å². The Hall–Kier alpha value is -2.50. The predicted molar refractivity (Wildman–Crippen MR) is 98.7 cm³/mol. The second-order valence-corrected chi connectivity index (χ2v) is 6.16. The lowest BCUT2D eigenvalue weighted by atomic mass is 10.0. The molecule has 2 aromatic carbocycles. The van der Waals surface area contributed by atoms with E-state index in [1.807, 2.05) is 12.3 Å². The lowest BCUT2D eigenvalue weighted by molar-refractivity contribution is 0.122. The summed E-state index contributed by atoms with van der Waals surface area (Å²) in [6.07, 6.45) is 1.85. The number of ether oxygens (including phenoxy) is 2. The molecule has 1 saturated heterocycles. The van der Waals surface area contributed by atoms with E-state index in [1.165, 1.54) is 0 Å². The maximum absolute atomic E-state index is 5.42. The Morgan fingerprint density at radius 1 is 1.04 bits per heavy atom. The van der Waals surface area contributed by atoms with Crippen molar-refractivity contribution in [3.63, 3.8) is 0 Å². The van der Waals surface area contributed by atoms with Crippen LogP contribution in [0.5, 0.6) is 0 Å². The summed E-state index contributed by atoms with van der Waals surface area (Å²) in [4.78, 5) is 11.6. The molecule has 0 amide bonds. The van der Waals surface area contributed by atoms with Crippen LogP contribution in [0.4, 0.5) is 5.82 Å². The molecule has 0 radical (unpaired) electrons. The molecule has 0 N–H and O–H groups in total. The summed E-state index contributed by atoms with van der Waals surface area (Å²) in [5.41, 5.74) is 5.29. The van der Waals surface area contributed by atoms with Gasteiger partial charge in [-0.1, -0.05) is 24.3 Å². The van der Waals surface area contributed by atoms with Gasteiger partial charge in [0.05, 0.1) is 37.1 Å². The number of methoxy groups -OCH3 is 1. The van der Waals surface area contributed by atoms with Crippen molar-refractivity contribution in [1.29, 1.82) is 0 Å². The van der Waals surface area contributed by atoms with Crippen LogP contribution in [0.15, 0.2) is 48.7 Å². The van der Waals surface area contributed by atoms with Crippen molar-refractivity contribution < 1.29 is 9.47 Å². The molecular weight excluding hydrogens is 314 g/mol. The average Bonchev–Trinajstić information content (AvgIpc) is 2.68. The van der Waals surface area contributed by atoms with Gasteiger partial charge in [0.2, 0.25) is 0 Å². The number of anilines is 1. The number of benzene rings is 2. The minimum Gasteiger partial charge on any atom is -0.380 e. The van der Waals surface area contributed by atoms with Gasteiger partial charge in [0.25, 0.3) is 0 Å². The zero-order valence-electron chi connectivity index (χ0n) is 14.3. The first-order valence-corrected chi connectivity index (χ1v) is 8.51. The standard InChI is InChI=1S/C20H21N3O2/c1-24-14-15-3-2-4-16(11-15)17-5-6-18-19(12-17)22-20(13-21-18)23-7-9-25-10-8-23/h2-6,11-13H,7-10,14H2,1H3. The third kappa shape index (κ3) is 3.48. The number of nitrogens with zero attached hydrogens (tertiary/aromatic N) is 3. The van der Waals surface area contributed by atoms with Gasteiger partial charge in [-0.25, -0.2) is 4.98 Å². The van der Waals surface area contributed by atoms with E-state index >= 15 is 0 Å². The molecule has 2 heterocycles. The number of hydrogen-bond acceptors (Lipinski definition) is 5. The summed E-state index contributed by atoms with van der Waals surface area (Å²) in [6, 6.07) is 14.6. The van der Waals surface area contributed by atoms with Crippen LogP contribution in [0.3, 0.4) is 0 Å². The maximum atomic E-state index is 5.42. The number of aromatic nitrogens is 2. The molecule has 0 aliphatic carbocycles. The molecule has 5 heteroatoms. The van der Waals surface area contributed by atoms with Crippen molar-refractivity contribution in [2.45, 2.75) is 6.61 Å². The fourth-order valence-corrected chi connectivity index (χ4v) is 3.13. The monoisotopic (exact) mass is 335 g/mol. The predicted octanol–water partition coefficient (Wildman–Crippen LogP) is 3.28. The van der Waals surface area contributed by atoms with Crippen LogP contribution >= 0.6 is 0 Å². The topological polar surface area (TPSA) is 47.5 Å². The molecule has 0 bridgehead atoms. The van der Waals surface area contributed by atoms with Crippen molar-refractivity contribution in [2.24, 2.45) is 0 Å². The highest BCUT2D eigenvalue weighted by molar-refractivity contribution is 5.82. The lowest BCUT2D eigenvalue weighted by Gasteiger charge is -2.27. The largest absolute Gasteiger partial charge is 0.380 e. The van der Waals surface area contributed by atoms with Crippen molar-refractivity contribution in [3.8, 4) is 11.1 Å². The van der Waals surface area contributed by atoms with Gasteiger partial charge in [-0.2, -0.15) is 0 Å². The molecule has 5 nitrogen and oxygen atoms in total. The van der Waals surface area contributed by atoms with Crippen molar-refractivity contribution in [3.05, 3.63) is 54.2 Å². The van der Waals surface area contributed by atoms with Gasteiger partial charge in [0.1, 0.15) is 5.82 Å². The van der Waals surface area contributed by atoms with E-state index in [4.69, 9.17) is 14.5 Å². The van der Waals surface area contributed by atoms with Crippen molar-refractivity contribution >= 4 is 16.9 Å². The van der Waals surface area contributed by atoms with E-state index in [2.05, 4.69) is 46.3 Å². The highest BCUT2D eigenvalue weighted by atomic mass is 16.5. The molecule has 25 heavy (non-hydrogen) atoms. The fraction of sp³-hybridized carbons (Fsp3) is 0.300. The number of hydrogen-bond donors (Lipinski definition) is 0. The van der Waals surface area contributed by atoms with Gasteiger partial charge >= 0.3 is 0 Å². The Labute approximate surface area is 147 Å². The summed E-state index contributed by atoms with van der Waals surface area (Å²) in [7, 11) is 1.71. The summed E-state index contributed by atoms with van der Waals surface area (Å²) in [5.74, 6) is 0.918. The Balaban J connectivity index is 1.69. The summed E-state index contributed by atoms with van der Waals surface area (Å²) in [5, 5.41) is 0. The van der Waals surface area contributed by atoms with Gasteiger partial charge < -0.3 is 14.4 Å². The number of morpholine rings is 1. The normalized spacial score (nSPS) is 14.8.